The fraction of sp³-hybridized carbons (Fsp3) is 1.00. The molecule has 1 unspecified atom stereocenters. The Labute approximate surface area is 88.1 Å². The van der Waals surface area contributed by atoms with Crippen LogP contribution in [0.4, 0.5) is 13.2 Å². The van der Waals surface area contributed by atoms with E-state index in [9.17, 15) is 13.2 Å². The number of rotatable bonds is 5. The first-order valence-electron chi connectivity index (χ1n) is 5.29. The number of nitrogens with zero attached hydrogens (tertiary/aromatic N) is 1. The van der Waals surface area contributed by atoms with Crippen LogP contribution in [-0.4, -0.2) is 41.4 Å². The monoisotopic (exact) mass is 225 g/mol. The van der Waals surface area contributed by atoms with Crippen LogP contribution >= 0.6 is 0 Å². The molecule has 1 fully saturated rings. The van der Waals surface area contributed by atoms with Gasteiger partial charge in [0.1, 0.15) is 0 Å². The lowest BCUT2D eigenvalue weighted by Gasteiger charge is -2.29. The van der Waals surface area contributed by atoms with Crippen LogP contribution in [0.1, 0.15) is 26.7 Å². The lowest BCUT2D eigenvalue weighted by Crippen LogP contribution is -2.44. The van der Waals surface area contributed by atoms with E-state index in [1.165, 1.54) is 0 Å². The summed E-state index contributed by atoms with van der Waals surface area (Å²) in [5.41, 5.74) is 0. The number of alkyl halides is 3. The van der Waals surface area contributed by atoms with Crippen LogP contribution in [0.2, 0.25) is 0 Å². The topological polar surface area (TPSA) is 23.5 Å². The molecule has 1 aliphatic carbocycles. The van der Waals surface area contributed by atoms with E-state index >= 15 is 0 Å². The first-order chi connectivity index (χ1) is 6.80. The van der Waals surface area contributed by atoms with Gasteiger partial charge in [-0.1, -0.05) is 0 Å². The largest absolute Gasteiger partial charge is 0.415 e. The summed E-state index contributed by atoms with van der Waals surface area (Å²) in [5.74, 6) is 0.535. The van der Waals surface area contributed by atoms with Gasteiger partial charge in [-0.15, -0.1) is 0 Å². The average Bonchev–Trinajstić information content (AvgIpc) is 2.84. The van der Waals surface area contributed by atoms with E-state index in [1.807, 2.05) is 13.8 Å². The number of halogens is 3. The van der Waals surface area contributed by atoms with E-state index in [2.05, 4.69) is 0 Å². The molecule has 0 aliphatic heterocycles. The van der Waals surface area contributed by atoms with Crippen molar-refractivity contribution < 1.29 is 18.3 Å². The third-order valence-electron chi connectivity index (χ3n) is 2.71. The quantitative estimate of drug-likeness (QED) is 0.774. The molecule has 15 heavy (non-hydrogen) atoms. The molecule has 5 heteroatoms. The van der Waals surface area contributed by atoms with E-state index in [-0.39, 0.29) is 12.6 Å². The van der Waals surface area contributed by atoms with Gasteiger partial charge in [0, 0.05) is 19.1 Å². The fourth-order valence-corrected chi connectivity index (χ4v) is 1.45. The van der Waals surface area contributed by atoms with Crippen LogP contribution in [0.3, 0.4) is 0 Å². The van der Waals surface area contributed by atoms with Crippen LogP contribution in [0.15, 0.2) is 0 Å². The molecule has 0 bridgehead atoms. The van der Waals surface area contributed by atoms with Crippen LogP contribution in [0.5, 0.6) is 0 Å². The molecule has 0 radical (unpaired) electrons. The fourth-order valence-electron chi connectivity index (χ4n) is 1.45. The van der Waals surface area contributed by atoms with Crippen molar-refractivity contribution in [2.24, 2.45) is 5.92 Å². The lowest BCUT2D eigenvalue weighted by molar-refractivity contribution is -0.209. The molecule has 2 nitrogen and oxygen atoms in total. The van der Waals surface area contributed by atoms with Crippen LogP contribution in [0.25, 0.3) is 0 Å². The maximum atomic E-state index is 12.1. The van der Waals surface area contributed by atoms with Crippen molar-refractivity contribution in [2.75, 3.05) is 13.1 Å². The zero-order chi connectivity index (χ0) is 11.6. The number of hydrogen-bond donors (Lipinski definition) is 1. The summed E-state index contributed by atoms with van der Waals surface area (Å²) >= 11 is 0. The summed E-state index contributed by atoms with van der Waals surface area (Å²) in [6, 6.07) is 0.0441. The molecule has 0 aromatic heterocycles. The van der Waals surface area contributed by atoms with Crippen molar-refractivity contribution in [1.29, 1.82) is 0 Å². The van der Waals surface area contributed by atoms with Gasteiger partial charge in [-0.05, 0) is 32.6 Å². The van der Waals surface area contributed by atoms with Crippen molar-refractivity contribution in [3.05, 3.63) is 0 Å². The van der Waals surface area contributed by atoms with Gasteiger partial charge in [0.05, 0.1) is 0 Å². The molecule has 0 heterocycles. The molecule has 1 rings (SSSR count). The molecule has 0 aromatic rings. The van der Waals surface area contributed by atoms with Gasteiger partial charge in [0.25, 0.3) is 0 Å². The molecule has 1 saturated carbocycles. The van der Waals surface area contributed by atoms with Crippen molar-refractivity contribution >= 4 is 0 Å². The Kier molecular flexibility index (Phi) is 4.00. The van der Waals surface area contributed by atoms with E-state index in [0.29, 0.717) is 12.5 Å². The van der Waals surface area contributed by atoms with Gasteiger partial charge in [0.2, 0.25) is 0 Å². The Hall–Kier alpha value is -0.290. The number of aliphatic hydroxyl groups is 1. The zero-order valence-electron chi connectivity index (χ0n) is 9.09. The first-order valence-corrected chi connectivity index (χ1v) is 5.29. The second kappa shape index (κ2) is 4.70. The Balaban J connectivity index is 2.42. The zero-order valence-corrected chi connectivity index (χ0v) is 9.09. The second-order valence-electron chi connectivity index (χ2n) is 4.55. The van der Waals surface area contributed by atoms with Gasteiger partial charge in [-0.25, -0.2) is 0 Å². The van der Waals surface area contributed by atoms with Crippen molar-refractivity contribution in [3.63, 3.8) is 0 Å². The number of hydrogen-bond acceptors (Lipinski definition) is 2. The molecule has 1 N–H and O–H groups in total. The lowest BCUT2D eigenvalue weighted by atomic mass is 10.2. The molecule has 1 atom stereocenters. The van der Waals surface area contributed by atoms with Gasteiger partial charge < -0.3 is 5.11 Å². The maximum Gasteiger partial charge on any atom is 0.415 e. The predicted octanol–water partition coefficient (Wildman–Crippen LogP) is 2.03. The van der Waals surface area contributed by atoms with Crippen LogP contribution < -0.4 is 0 Å². The highest BCUT2D eigenvalue weighted by atomic mass is 19.4. The van der Waals surface area contributed by atoms with Gasteiger partial charge in [-0.2, -0.15) is 13.2 Å². The summed E-state index contributed by atoms with van der Waals surface area (Å²) < 4.78 is 36.4. The molecule has 0 saturated heterocycles. The highest BCUT2D eigenvalue weighted by Crippen LogP contribution is 2.31. The van der Waals surface area contributed by atoms with Crippen LogP contribution in [-0.2, 0) is 0 Å². The summed E-state index contributed by atoms with van der Waals surface area (Å²) in [6.45, 7) is 4.07. The predicted molar refractivity (Wildman–Crippen MR) is 51.5 cm³/mol. The third kappa shape index (κ3) is 4.38. The molecular formula is C10H18F3NO. The highest BCUT2D eigenvalue weighted by molar-refractivity contribution is 4.81. The van der Waals surface area contributed by atoms with Crippen LogP contribution in [0, 0.1) is 5.92 Å². The second-order valence-corrected chi connectivity index (χ2v) is 4.55. The molecule has 0 spiro atoms. The molecule has 90 valence electrons. The standard InChI is InChI=1S/C10H18F3NO/c1-7(2)14(5-8-3-4-8)6-9(15)10(11,12)13/h7-9,15H,3-6H2,1-2H3. The van der Waals surface area contributed by atoms with E-state index < -0.39 is 12.3 Å². The minimum absolute atomic E-state index is 0.0441. The van der Waals surface area contributed by atoms with Crippen molar-refractivity contribution in [2.45, 2.75) is 45.0 Å². The molecular weight excluding hydrogens is 207 g/mol. The average molecular weight is 225 g/mol. The SMILES string of the molecule is CC(C)N(CC1CC1)CC(O)C(F)(F)F. The van der Waals surface area contributed by atoms with Gasteiger partial charge >= 0.3 is 6.18 Å². The minimum atomic E-state index is -4.50. The Morgan fingerprint density at radius 3 is 2.20 bits per heavy atom. The molecule has 1 aliphatic rings. The summed E-state index contributed by atoms with van der Waals surface area (Å²) in [4.78, 5) is 1.70. The smallest absolute Gasteiger partial charge is 0.382 e. The van der Waals surface area contributed by atoms with Crippen molar-refractivity contribution in [1.82, 2.24) is 4.90 Å². The Morgan fingerprint density at radius 2 is 1.87 bits per heavy atom. The van der Waals surface area contributed by atoms with Gasteiger partial charge in [0.15, 0.2) is 6.10 Å². The van der Waals surface area contributed by atoms with E-state index in [1.54, 1.807) is 4.90 Å². The normalized spacial score (nSPS) is 20.0. The van der Waals surface area contributed by atoms with Gasteiger partial charge in [-0.3, -0.25) is 4.90 Å². The first kappa shape index (κ1) is 12.8. The Bertz CT molecular complexity index is 201. The maximum absolute atomic E-state index is 12.1. The molecule has 0 amide bonds. The summed E-state index contributed by atoms with van der Waals surface area (Å²) in [7, 11) is 0. The third-order valence-corrected chi connectivity index (χ3v) is 2.71. The molecule has 0 aromatic carbocycles. The number of aliphatic hydroxyl groups excluding tert-OH is 1. The summed E-state index contributed by atoms with van der Waals surface area (Å²) in [6.07, 6.45) is -4.52. The minimum Gasteiger partial charge on any atom is -0.382 e. The van der Waals surface area contributed by atoms with E-state index in [4.69, 9.17) is 5.11 Å². The van der Waals surface area contributed by atoms with Crippen molar-refractivity contribution in [3.8, 4) is 0 Å². The van der Waals surface area contributed by atoms with E-state index in [0.717, 1.165) is 12.8 Å². The summed E-state index contributed by atoms with van der Waals surface area (Å²) in [5, 5.41) is 8.97. The Morgan fingerprint density at radius 1 is 1.33 bits per heavy atom. The highest BCUT2D eigenvalue weighted by Gasteiger charge is 2.40.